The second kappa shape index (κ2) is 4.52. The first-order valence-electron chi connectivity index (χ1n) is 7.38. The Kier molecular flexibility index (Phi) is 2.49. The molecule has 0 saturated heterocycles. The van der Waals surface area contributed by atoms with Crippen molar-refractivity contribution in [2.45, 2.75) is 9.79 Å². The molecule has 2 heterocycles. The molecule has 0 aliphatic carbocycles. The Bertz CT molecular complexity index is 1060. The number of H-pyrrole nitrogens is 1. The van der Waals surface area contributed by atoms with E-state index in [1.54, 1.807) is 0 Å². The minimum Gasteiger partial charge on any atom is -0.354 e. The summed E-state index contributed by atoms with van der Waals surface area (Å²) in [5, 5.41) is 2.59. The Balaban J connectivity index is 1.86. The molecule has 0 radical (unpaired) electrons. The number of hydrogen-bond acceptors (Lipinski definition) is 1. The number of aromatic amines is 1. The van der Waals surface area contributed by atoms with Crippen molar-refractivity contribution in [3.05, 3.63) is 71.8 Å². The third-order valence-electron chi connectivity index (χ3n) is 4.24. The van der Waals surface area contributed by atoms with Crippen molar-refractivity contribution in [2.75, 3.05) is 0 Å². The zero-order valence-electron chi connectivity index (χ0n) is 11.8. The Hall–Kier alpha value is -2.45. The van der Waals surface area contributed by atoms with Crippen LogP contribution in [0.15, 0.2) is 70.5 Å². The van der Waals surface area contributed by atoms with E-state index in [9.17, 15) is 0 Å². The van der Waals surface area contributed by atoms with Gasteiger partial charge >= 0.3 is 0 Å². The van der Waals surface area contributed by atoms with Gasteiger partial charge in [-0.2, -0.15) is 0 Å². The minimum absolute atomic E-state index is 1.20. The molecule has 22 heavy (non-hydrogen) atoms. The number of hydrogen-bond donors (Lipinski definition) is 1. The van der Waals surface area contributed by atoms with E-state index in [1.165, 1.54) is 42.7 Å². The highest BCUT2D eigenvalue weighted by atomic mass is 32.2. The summed E-state index contributed by atoms with van der Waals surface area (Å²) in [6.07, 6.45) is 4.43. The molecular formula is C20H13NS. The molecule has 1 aliphatic rings. The van der Waals surface area contributed by atoms with Crippen LogP contribution in [0.5, 0.6) is 0 Å². The molecule has 3 aromatic carbocycles. The number of fused-ring (bicyclic) bond motifs is 6. The van der Waals surface area contributed by atoms with E-state index in [0.29, 0.717) is 0 Å². The van der Waals surface area contributed by atoms with Crippen LogP contribution in [0.4, 0.5) is 0 Å². The summed E-state index contributed by atoms with van der Waals surface area (Å²) in [5.74, 6) is 0. The van der Waals surface area contributed by atoms with Gasteiger partial charge in [0, 0.05) is 26.1 Å². The first-order valence-corrected chi connectivity index (χ1v) is 8.20. The van der Waals surface area contributed by atoms with Crippen LogP contribution >= 0.6 is 11.8 Å². The Labute approximate surface area is 132 Å². The number of rotatable bonds is 0. The molecule has 4 aromatic rings. The normalized spacial score (nSPS) is 13.1. The van der Waals surface area contributed by atoms with E-state index < -0.39 is 0 Å². The van der Waals surface area contributed by atoms with Crippen molar-refractivity contribution in [1.82, 2.24) is 4.98 Å². The largest absolute Gasteiger partial charge is 0.354 e. The highest BCUT2D eigenvalue weighted by molar-refractivity contribution is 7.99. The summed E-state index contributed by atoms with van der Waals surface area (Å²) in [6.45, 7) is 0. The fraction of sp³-hybridized carbons (Fsp3) is 0. The number of aromatic nitrogens is 1. The van der Waals surface area contributed by atoms with Gasteiger partial charge in [0.25, 0.3) is 0 Å². The number of benzene rings is 3. The van der Waals surface area contributed by atoms with E-state index in [-0.39, 0.29) is 0 Å². The van der Waals surface area contributed by atoms with Crippen molar-refractivity contribution in [3.63, 3.8) is 0 Å². The van der Waals surface area contributed by atoms with Crippen LogP contribution in [0, 0.1) is 0 Å². The molecule has 5 rings (SSSR count). The standard InChI is InChI=1S/C20H13NS/c1-4-8-18-13(5-1)9-10-14-11-12-16-15-6-2-3-7-17(15)21-19(16)20(14)22-18/h1-12,21H. The predicted molar refractivity (Wildman–Crippen MR) is 95.3 cm³/mol. The average Bonchev–Trinajstić information content (AvgIpc) is 2.83. The van der Waals surface area contributed by atoms with Crippen LogP contribution < -0.4 is 0 Å². The maximum absolute atomic E-state index is 3.61. The number of nitrogens with one attached hydrogen (secondary N) is 1. The summed E-state index contributed by atoms with van der Waals surface area (Å²) >= 11 is 1.85. The quantitative estimate of drug-likeness (QED) is 0.373. The molecular weight excluding hydrogens is 286 g/mol. The van der Waals surface area contributed by atoms with Gasteiger partial charge in [0.05, 0.1) is 5.52 Å². The molecule has 0 amide bonds. The Morgan fingerprint density at radius 2 is 1.50 bits per heavy atom. The Morgan fingerprint density at radius 3 is 2.50 bits per heavy atom. The second-order valence-corrected chi connectivity index (χ2v) is 6.60. The lowest BCUT2D eigenvalue weighted by atomic mass is 10.1. The summed E-state index contributed by atoms with van der Waals surface area (Å²) in [6, 6.07) is 21.5. The fourth-order valence-electron chi connectivity index (χ4n) is 3.15. The van der Waals surface area contributed by atoms with E-state index in [4.69, 9.17) is 0 Å². The van der Waals surface area contributed by atoms with Crippen molar-refractivity contribution in [3.8, 4) is 0 Å². The van der Waals surface area contributed by atoms with Crippen LogP contribution in [0.25, 0.3) is 34.0 Å². The molecule has 1 aliphatic heterocycles. The first-order chi connectivity index (χ1) is 10.9. The van der Waals surface area contributed by atoms with Crippen LogP contribution in [0.2, 0.25) is 0 Å². The van der Waals surface area contributed by atoms with Crippen molar-refractivity contribution in [2.24, 2.45) is 0 Å². The lowest BCUT2D eigenvalue weighted by Gasteiger charge is -2.07. The number of para-hydroxylation sites is 1. The summed E-state index contributed by atoms with van der Waals surface area (Å²) in [7, 11) is 0. The summed E-state index contributed by atoms with van der Waals surface area (Å²) in [5.41, 5.74) is 5.01. The zero-order chi connectivity index (χ0) is 14.5. The van der Waals surface area contributed by atoms with Gasteiger partial charge in [-0.25, -0.2) is 0 Å². The van der Waals surface area contributed by atoms with E-state index in [1.807, 2.05) is 11.8 Å². The molecule has 1 nitrogen and oxygen atoms in total. The monoisotopic (exact) mass is 299 g/mol. The lowest BCUT2D eigenvalue weighted by Crippen LogP contribution is -1.82. The second-order valence-electron chi connectivity index (χ2n) is 5.55. The average molecular weight is 299 g/mol. The summed E-state index contributed by atoms with van der Waals surface area (Å²) < 4.78 is 0. The third kappa shape index (κ3) is 1.68. The van der Waals surface area contributed by atoms with Gasteiger partial charge < -0.3 is 4.98 Å². The Morgan fingerprint density at radius 1 is 0.682 bits per heavy atom. The fourth-order valence-corrected chi connectivity index (χ4v) is 4.29. The third-order valence-corrected chi connectivity index (χ3v) is 5.47. The molecule has 0 fully saturated rings. The van der Waals surface area contributed by atoms with Gasteiger partial charge in [-0.1, -0.05) is 72.4 Å². The molecule has 1 N–H and O–H groups in total. The molecule has 104 valence electrons. The van der Waals surface area contributed by atoms with Gasteiger partial charge in [-0.3, -0.25) is 0 Å². The molecule has 1 aromatic heterocycles. The molecule has 0 saturated carbocycles. The first kappa shape index (κ1) is 12.1. The van der Waals surface area contributed by atoms with Gasteiger partial charge in [-0.15, -0.1) is 0 Å². The van der Waals surface area contributed by atoms with Gasteiger partial charge in [0.1, 0.15) is 0 Å². The van der Waals surface area contributed by atoms with Crippen LogP contribution in [-0.4, -0.2) is 4.98 Å². The van der Waals surface area contributed by atoms with E-state index >= 15 is 0 Å². The van der Waals surface area contributed by atoms with Crippen LogP contribution in [0.1, 0.15) is 11.1 Å². The van der Waals surface area contributed by atoms with Crippen LogP contribution in [0.3, 0.4) is 0 Å². The topological polar surface area (TPSA) is 15.8 Å². The van der Waals surface area contributed by atoms with Crippen molar-refractivity contribution in [1.29, 1.82) is 0 Å². The zero-order valence-corrected chi connectivity index (χ0v) is 12.7. The highest BCUT2D eigenvalue weighted by Gasteiger charge is 2.15. The maximum Gasteiger partial charge on any atom is 0.0612 e. The van der Waals surface area contributed by atoms with Gasteiger partial charge in [0.15, 0.2) is 0 Å². The SMILES string of the molecule is C1=Cc2ccc3c([nH]c4ccccc43)c2Sc2ccccc21. The van der Waals surface area contributed by atoms with E-state index in [2.05, 4.69) is 77.8 Å². The maximum atomic E-state index is 3.61. The molecule has 2 heteroatoms. The van der Waals surface area contributed by atoms with Crippen molar-refractivity contribution < 1.29 is 0 Å². The van der Waals surface area contributed by atoms with E-state index in [0.717, 1.165) is 0 Å². The highest BCUT2D eigenvalue weighted by Crippen LogP contribution is 2.42. The smallest absolute Gasteiger partial charge is 0.0612 e. The molecule has 0 unspecified atom stereocenters. The van der Waals surface area contributed by atoms with Gasteiger partial charge in [-0.05, 0) is 23.3 Å². The predicted octanol–water partition coefficient (Wildman–Crippen LogP) is 5.96. The van der Waals surface area contributed by atoms with Crippen LogP contribution in [-0.2, 0) is 0 Å². The minimum atomic E-state index is 1.20. The molecule has 0 bridgehead atoms. The van der Waals surface area contributed by atoms with Crippen molar-refractivity contribution >= 4 is 45.7 Å². The van der Waals surface area contributed by atoms with Gasteiger partial charge in [0.2, 0.25) is 0 Å². The lowest BCUT2D eigenvalue weighted by molar-refractivity contribution is 1.39. The molecule has 0 atom stereocenters. The molecule has 0 spiro atoms. The summed E-state index contributed by atoms with van der Waals surface area (Å²) in [4.78, 5) is 6.23.